The van der Waals surface area contributed by atoms with Crippen molar-refractivity contribution in [2.45, 2.75) is 0 Å². The average Bonchev–Trinajstić information content (AvgIpc) is 2.38. The summed E-state index contributed by atoms with van der Waals surface area (Å²) in [5, 5.41) is 27.7. The minimum atomic E-state index is -0.615. The molecule has 0 atom stereocenters. The van der Waals surface area contributed by atoms with Crippen molar-refractivity contribution in [2.75, 3.05) is 13.1 Å². The Balaban J connectivity index is 3.02. The summed E-state index contributed by atoms with van der Waals surface area (Å²) in [6, 6.07) is 8.67. The molecule has 18 heavy (non-hydrogen) atoms. The van der Waals surface area contributed by atoms with Gasteiger partial charge in [-0.2, -0.15) is 10.5 Å². The van der Waals surface area contributed by atoms with Crippen molar-refractivity contribution in [3.8, 4) is 12.1 Å². The Bertz CT molecular complexity index is 540. The number of carbonyl (C=O) groups excluding carboxylic acids is 1. The number of carbonyl (C=O) groups is 1. The lowest BCUT2D eigenvalue weighted by Gasteiger charge is -2.15. The monoisotopic (exact) mass is 244 g/mol. The number of non-ortho nitro benzene ring substituents is 1. The maximum Gasteiger partial charge on any atom is 0.270 e. The summed E-state index contributed by atoms with van der Waals surface area (Å²) in [5.41, 5.74) is -0.135. The number of nitro groups is 1. The van der Waals surface area contributed by atoms with Crippen LogP contribution in [0.2, 0.25) is 0 Å². The second-order valence-corrected chi connectivity index (χ2v) is 3.28. The third-order valence-electron chi connectivity index (χ3n) is 2.11. The van der Waals surface area contributed by atoms with Gasteiger partial charge in [0.1, 0.15) is 13.1 Å². The fourth-order valence-electron chi connectivity index (χ4n) is 1.31. The highest BCUT2D eigenvalue weighted by Crippen LogP contribution is 2.14. The second-order valence-electron chi connectivity index (χ2n) is 3.28. The first-order valence-electron chi connectivity index (χ1n) is 4.87. The molecule has 1 amide bonds. The highest BCUT2D eigenvalue weighted by atomic mass is 16.6. The van der Waals surface area contributed by atoms with Crippen LogP contribution in [0.1, 0.15) is 10.4 Å². The van der Waals surface area contributed by atoms with Crippen LogP contribution in [0.5, 0.6) is 0 Å². The zero-order valence-corrected chi connectivity index (χ0v) is 9.24. The van der Waals surface area contributed by atoms with Crippen LogP contribution >= 0.6 is 0 Å². The summed E-state index contributed by atoms with van der Waals surface area (Å²) >= 11 is 0. The van der Waals surface area contributed by atoms with E-state index >= 15 is 0 Å². The van der Waals surface area contributed by atoms with Gasteiger partial charge in [-0.1, -0.05) is 6.07 Å². The van der Waals surface area contributed by atoms with Crippen molar-refractivity contribution < 1.29 is 9.72 Å². The van der Waals surface area contributed by atoms with E-state index < -0.39 is 10.8 Å². The normalized spacial score (nSPS) is 9.00. The molecule has 1 rings (SSSR count). The zero-order chi connectivity index (χ0) is 13.5. The zero-order valence-electron chi connectivity index (χ0n) is 9.24. The van der Waals surface area contributed by atoms with Crippen LogP contribution in [0, 0.1) is 32.8 Å². The summed E-state index contributed by atoms with van der Waals surface area (Å²) in [6.07, 6.45) is 0. The molecule has 1 aromatic rings. The van der Waals surface area contributed by atoms with Gasteiger partial charge in [-0.05, 0) is 6.07 Å². The van der Waals surface area contributed by atoms with Gasteiger partial charge in [0.2, 0.25) is 0 Å². The summed E-state index contributed by atoms with van der Waals surface area (Å²) in [7, 11) is 0. The van der Waals surface area contributed by atoms with Crippen LogP contribution in [-0.2, 0) is 0 Å². The van der Waals surface area contributed by atoms with Crippen molar-refractivity contribution in [1.29, 1.82) is 10.5 Å². The lowest BCUT2D eigenvalue weighted by atomic mass is 10.1. The number of amides is 1. The van der Waals surface area contributed by atoms with Crippen molar-refractivity contribution >= 4 is 11.6 Å². The van der Waals surface area contributed by atoms with E-state index in [1.54, 1.807) is 12.1 Å². The van der Waals surface area contributed by atoms with E-state index in [-0.39, 0.29) is 24.3 Å². The van der Waals surface area contributed by atoms with Crippen LogP contribution in [0.3, 0.4) is 0 Å². The summed E-state index contributed by atoms with van der Waals surface area (Å²) < 4.78 is 0. The van der Waals surface area contributed by atoms with Gasteiger partial charge in [0.15, 0.2) is 0 Å². The summed E-state index contributed by atoms with van der Waals surface area (Å²) in [4.78, 5) is 22.9. The first-order chi connectivity index (χ1) is 8.60. The minimum absolute atomic E-state index is 0.0784. The first-order valence-corrected chi connectivity index (χ1v) is 4.87. The molecular formula is C11H8N4O3. The number of hydrogen-bond acceptors (Lipinski definition) is 5. The number of rotatable bonds is 4. The van der Waals surface area contributed by atoms with E-state index in [2.05, 4.69) is 0 Å². The van der Waals surface area contributed by atoms with Gasteiger partial charge in [0.25, 0.3) is 11.6 Å². The van der Waals surface area contributed by atoms with Crippen LogP contribution in [-0.4, -0.2) is 28.8 Å². The topological polar surface area (TPSA) is 111 Å². The molecule has 0 bridgehead atoms. The van der Waals surface area contributed by atoms with Crippen LogP contribution in [0.25, 0.3) is 0 Å². The van der Waals surface area contributed by atoms with E-state index in [0.29, 0.717) is 0 Å². The highest BCUT2D eigenvalue weighted by molar-refractivity contribution is 5.95. The number of nitriles is 2. The first kappa shape index (κ1) is 13.1. The Kier molecular flexibility index (Phi) is 4.35. The smallest absolute Gasteiger partial charge is 0.270 e. The molecule has 0 aliphatic heterocycles. The molecule has 0 fully saturated rings. The molecule has 0 saturated heterocycles. The van der Waals surface area contributed by atoms with E-state index in [9.17, 15) is 14.9 Å². The largest absolute Gasteiger partial charge is 0.312 e. The quantitative estimate of drug-likeness (QED) is 0.447. The molecule has 0 aliphatic rings. The Morgan fingerprint density at radius 3 is 2.44 bits per heavy atom. The Morgan fingerprint density at radius 1 is 1.33 bits per heavy atom. The Hall–Kier alpha value is -2.93. The molecule has 90 valence electrons. The van der Waals surface area contributed by atoms with Gasteiger partial charge < -0.3 is 4.90 Å². The molecule has 0 N–H and O–H groups in total. The average molecular weight is 244 g/mol. The molecule has 0 aliphatic carbocycles. The molecule has 7 heteroatoms. The standard InChI is InChI=1S/C11H8N4O3/c12-4-6-14(7-5-13)11(16)9-2-1-3-10(8-9)15(17)18/h1-3,8H,6-7H2. The van der Waals surface area contributed by atoms with Gasteiger partial charge in [-0.3, -0.25) is 14.9 Å². The predicted octanol–water partition coefficient (Wildman–Crippen LogP) is 1.08. The van der Waals surface area contributed by atoms with Gasteiger partial charge >= 0.3 is 0 Å². The third-order valence-corrected chi connectivity index (χ3v) is 2.11. The van der Waals surface area contributed by atoms with Gasteiger partial charge in [0.05, 0.1) is 17.1 Å². The van der Waals surface area contributed by atoms with E-state index in [1.807, 2.05) is 0 Å². The molecule has 1 aromatic carbocycles. The van der Waals surface area contributed by atoms with Crippen molar-refractivity contribution in [1.82, 2.24) is 4.90 Å². The molecule has 0 heterocycles. The third kappa shape index (κ3) is 3.03. The molecular weight excluding hydrogens is 236 g/mol. The molecule has 0 aromatic heterocycles. The van der Waals surface area contributed by atoms with Gasteiger partial charge in [0, 0.05) is 17.7 Å². The molecule has 7 nitrogen and oxygen atoms in total. The number of hydrogen-bond donors (Lipinski definition) is 0. The molecule has 0 radical (unpaired) electrons. The Labute approximate surface area is 103 Å². The van der Waals surface area contributed by atoms with E-state index in [0.717, 1.165) is 11.0 Å². The van der Waals surface area contributed by atoms with Crippen LogP contribution in [0.4, 0.5) is 5.69 Å². The van der Waals surface area contributed by atoms with Crippen molar-refractivity contribution in [2.24, 2.45) is 0 Å². The Morgan fingerprint density at radius 2 is 1.94 bits per heavy atom. The molecule has 0 saturated carbocycles. The van der Waals surface area contributed by atoms with Crippen molar-refractivity contribution in [3.63, 3.8) is 0 Å². The van der Waals surface area contributed by atoms with E-state index in [1.165, 1.54) is 18.2 Å². The summed E-state index contributed by atoms with van der Waals surface area (Å²) in [6.45, 7) is -0.482. The molecule has 0 spiro atoms. The fraction of sp³-hybridized carbons (Fsp3) is 0.182. The minimum Gasteiger partial charge on any atom is -0.312 e. The maximum atomic E-state index is 11.9. The number of nitrogens with zero attached hydrogens (tertiary/aromatic N) is 4. The highest BCUT2D eigenvalue weighted by Gasteiger charge is 2.17. The van der Waals surface area contributed by atoms with Crippen LogP contribution < -0.4 is 0 Å². The fourth-order valence-corrected chi connectivity index (χ4v) is 1.31. The lowest BCUT2D eigenvalue weighted by Crippen LogP contribution is -2.31. The SMILES string of the molecule is N#CCN(CC#N)C(=O)c1cccc([N+](=O)[O-])c1. The number of nitro benzene ring substituents is 1. The molecule has 0 unspecified atom stereocenters. The summed E-state index contributed by atoms with van der Waals surface area (Å²) in [5.74, 6) is -0.582. The van der Waals surface area contributed by atoms with Gasteiger partial charge in [-0.15, -0.1) is 0 Å². The lowest BCUT2D eigenvalue weighted by molar-refractivity contribution is -0.384. The maximum absolute atomic E-state index is 11.9. The number of benzene rings is 1. The second kappa shape index (κ2) is 5.97. The predicted molar refractivity (Wildman–Crippen MR) is 60.2 cm³/mol. The van der Waals surface area contributed by atoms with E-state index in [4.69, 9.17) is 10.5 Å². The van der Waals surface area contributed by atoms with Gasteiger partial charge in [-0.25, -0.2) is 0 Å². The van der Waals surface area contributed by atoms with Crippen LogP contribution in [0.15, 0.2) is 24.3 Å². The van der Waals surface area contributed by atoms with Crippen molar-refractivity contribution in [3.05, 3.63) is 39.9 Å².